The third-order valence-corrected chi connectivity index (χ3v) is 3.67. The van der Waals surface area contributed by atoms with Crippen LogP contribution in [0, 0.1) is 6.92 Å². The fourth-order valence-corrected chi connectivity index (χ4v) is 2.40. The maximum absolute atomic E-state index is 5.75. The Hall–Kier alpha value is -1.70. The van der Waals surface area contributed by atoms with Crippen LogP contribution in [-0.2, 0) is 13.6 Å². The zero-order valence-electron chi connectivity index (χ0n) is 14.8. The first-order valence-electron chi connectivity index (χ1n) is 7.81. The van der Waals surface area contributed by atoms with E-state index in [2.05, 4.69) is 58.1 Å². The molecule has 1 N–H and O–H groups in total. The third kappa shape index (κ3) is 6.07. The second kappa shape index (κ2) is 10.2. The summed E-state index contributed by atoms with van der Waals surface area (Å²) in [5, 5.41) is 3.33. The van der Waals surface area contributed by atoms with Crippen LogP contribution in [0.2, 0.25) is 0 Å². The summed E-state index contributed by atoms with van der Waals surface area (Å²) in [4.78, 5) is 6.42. The number of halogens is 1. The SMILES string of the molecule is CN=C(NCCOc1cccc(C)c1)N(C)Cc1cccn1C.I. The van der Waals surface area contributed by atoms with Gasteiger partial charge in [0.2, 0.25) is 0 Å². The van der Waals surface area contributed by atoms with Gasteiger partial charge in [-0.25, -0.2) is 0 Å². The Kier molecular flexibility index (Phi) is 8.67. The van der Waals surface area contributed by atoms with Crippen LogP contribution in [0.3, 0.4) is 0 Å². The highest BCUT2D eigenvalue weighted by molar-refractivity contribution is 14.0. The van der Waals surface area contributed by atoms with E-state index in [0.717, 1.165) is 18.3 Å². The van der Waals surface area contributed by atoms with Crippen LogP contribution in [0.15, 0.2) is 47.6 Å². The predicted molar refractivity (Wildman–Crippen MR) is 110 cm³/mol. The van der Waals surface area contributed by atoms with Crippen LogP contribution in [0.5, 0.6) is 5.75 Å². The molecule has 2 rings (SSSR count). The summed E-state index contributed by atoms with van der Waals surface area (Å²) < 4.78 is 7.86. The zero-order valence-corrected chi connectivity index (χ0v) is 17.2. The molecule has 1 aromatic heterocycles. The van der Waals surface area contributed by atoms with Crippen molar-refractivity contribution in [3.8, 4) is 5.75 Å². The molecular formula is C18H27IN4O. The first kappa shape index (κ1) is 20.3. The zero-order chi connectivity index (χ0) is 16.7. The van der Waals surface area contributed by atoms with Gasteiger partial charge in [0, 0.05) is 33.0 Å². The maximum Gasteiger partial charge on any atom is 0.193 e. The topological polar surface area (TPSA) is 41.8 Å². The fraction of sp³-hybridized carbons (Fsp3) is 0.389. The van der Waals surface area contributed by atoms with Crippen molar-refractivity contribution >= 4 is 29.9 Å². The second-order valence-corrected chi connectivity index (χ2v) is 5.61. The molecule has 0 radical (unpaired) electrons. The summed E-state index contributed by atoms with van der Waals surface area (Å²) >= 11 is 0. The quantitative estimate of drug-likeness (QED) is 0.324. The maximum atomic E-state index is 5.75. The summed E-state index contributed by atoms with van der Waals surface area (Å²) in [5.41, 5.74) is 2.44. The van der Waals surface area contributed by atoms with E-state index in [4.69, 9.17) is 4.74 Å². The molecule has 0 aliphatic rings. The highest BCUT2D eigenvalue weighted by Gasteiger charge is 2.07. The molecule has 0 aliphatic heterocycles. The molecule has 24 heavy (non-hydrogen) atoms. The van der Waals surface area contributed by atoms with Crippen molar-refractivity contribution in [2.45, 2.75) is 13.5 Å². The summed E-state index contributed by atoms with van der Waals surface area (Å²) in [6.45, 7) is 4.17. The minimum atomic E-state index is 0. The monoisotopic (exact) mass is 442 g/mol. The van der Waals surface area contributed by atoms with Gasteiger partial charge in [0.1, 0.15) is 12.4 Å². The van der Waals surface area contributed by atoms with E-state index in [-0.39, 0.29) is 24.0 Å². The average molecular weight is 442 g/mol. The van der Waals surface area contributed by atoms with E-state index in [1.54, 1.807) is 7.05 Å². The number of nitrogens with zero attached hydrogens (tertiary/aromatic N) is 3. The molecule has 0 bridgehead atoms. The van der Waals surface area contributed by atoms with Crippen LogP contribution < -0.4 is 10.1 Å². The van der Waals surface area contributed by atoms with Crippen LogP contribution in [0.1, 0.15) is 11.3 Å². The Morgan fingerprint density at radius 2 is 2.08 bits per heavy atom. The molecule has 0 saturated carbocycles. The van der Waals surface area contributed by atoms with Crippen LogP contribution in [0.25, 0.3) is 0 Å². The number of benzene rings is 1. The fourth-order valence-electron chi connectivity index (χ4n) is 2.40. The number of rotatable bonds is 6. The summed E-state index contributed by atoms with van der Waals surface area (Å²) in [5.74, 6) is 1.76. The molecule has 0 spiro atoms. The number of hydrogen-bond donors (Lipinski definition) is 1. The van der Waals surface area contributed by atoms with Crippen molar-refractivity contribution in [2.75, 3.05) is 27.2 Å². The lowest BCUT2D eigenvalue weighted by Gasteiger charge is -2.22. The highest BCUT2D eigenvalue weighted by atomic mass is 127. The van der Waals surface area contributed by atoms with E-state index >= 15 is 0 Å². The standard InChI is InChI=1S/C18H26N4O.HI/c1-15-7-5-9-17(13-15)23-12-10-20-18(19-2)22(4)14-16-8-6-11-21(16)3;/h5-9,11,13H,10,12,14H2,1-4H3,(H,19,20);1H. The molecule has 2 aromatic rings. The van der Waals surface area contributed by atoms with E-state index in [9.17, 15) is 0 Å². The number of aromatic nitrogens is 1. The molecule has 0 unspecified atom stereocenters. The molecule has 0 fully saturated rings. The second-order valence-electron chi connectivity index (χ2n) is 5.61. The van der Waals surface area contributed by atoms with Gasteiger partial charge in [-0.05, 0) is 36.8 Å². The lowest BCUT2D eigenvalue weighted by molar-refractivity contribution is 0.319. The van der Waals surface area contributed by atoms with E-state index in [0.29, 0.717) is 13.2 Å². The van der Waals surface area contributed by atoms with Crippen molar-refractivity contribution in [2.24, 2.45) is 12.0 Å². The molecule has 0 atom stereocenters. The van der Waals surface area contributed by atoms with Gasteiger partial charge in [0.25, 0.3) is 0 Å². The van der Waals surface area contributed by atoms with Crippen LogP contribution >= 0.6 is 24.0 Å². The molecule has 0 saturated heterocycles. The molecule has 132 valence electrons. The summed E-state index contributed by atoms with van der Waals surface area (Å²) in [7, 11) is 5.88. The summed E-state index contributed by atoms with van der Waals surface area (Å²) in [6, 6.07) is 12.2. The minimum Gasteiger partial charge on any atom is -0.492 e. The first-order chi connectivity index (χ1) is 11.1. The van der Waals surface area contributed by atoms with Gasteiger partial charge in [-0.1, -0.05) is 12.1 Å². The Morgan fingerprint density at radius 1 is 1.29 bits per heavy atom. The smallest absolute Gasteiger partial charge is 0.193 e. The lowest BCUT2D eigenvalue weighted by atomic mass is 10.2. The lowest BCUT2D eigenvalue weighted by Crippen LogP contribution is -2.40. The van der Waals surface area contributed by atoms with Crippen molar-refractivity contribution in [3.05, 3.63) is 53.9 Å². The largest absolute Gasteiger partial charge is 0.492 e. The van der Waals surface area contributed by atoms with Gasteiger partial charge in [-0.15, -0.1) is 24.0 Å². The number of nitrogens with one attached hydrogen (secondary N) is 1. The Labute approximate surface area is 161 Å². The molecule has 0 aliphatic carbocycles. The Balaban J connectivity index is 0.00000288. The predicted octanol–water partition coefficient (Wildman–Crippen LogP) is 3.04. The van der Waals surface area contributed by atoms with E-state index < -0.39 is 0 Å². The van der Waals surface area contributed by atoms with Crippen molar-refractivity contribution in [3.63, 3.8) is 0 Å². The molecular weight excluding hydrogens is 415 g/mol. The van der Waals surface area contributed by atoms with E-state index in [1.165, 1.54) is 11.3 Å². The van der Waals surface area contributed by atoms with Gasteiger partial charge in [-0.2, -0.15) is 0 Å². The summed E-state index contributed by atoms with van der Waals surface area (Å²) in [6.07, 6.45) is 2.05. The number of aryl methyl sites for hydroxylation is 2. The third-order valence-electron chi connectivity index (χ3n) is 3.67. The number of guanidine groups is 1. The van der Waals surface area contributed by atoms with Crippen LogP contribution in [-0.4, -0.2) is 42.7 Å². The Bertz CT molecular complexity index is 654. The molecule has 0 amide bonds. The van der Waals surface area contributed by atoms with Gasteiger partial charge in [-0.3, -0.25) is 4.99 Å². The molecule has 1 heterocycles. The normalized spacial score (nSPS) is 10.9. The van der Waals surface area contributed by atoms with Crippen LogP contribution in [0.4, 0.5) is 0 Å². The van der Waals surface area contributed by atoms with Crippen molar-refractivity contribution in [1.82, 2.24) is 14.8 Å². The number of aliphatic imine (C=N–C) groups is 1. The molecule has 1 aromatic carbocycles. The minimum absolute atomic E-state index is 0. The average Bonchev–Trinajstić information content (AvgIpc) is 2.92. The van der Waals surface area contributed by atoms with Gasteiger partial charge >= 0.3 is 0 Å². The molecule has 6 heteroatoms. The van der Waals surface area contributed by atoms with Gasteiger partial charge in [0.05, 0.1) is 13.1 Å². The Morgan fingerprint density at radius 3 is 2.71 bits per heavy atom. The van der Waals surface area contributed by atoms with Gasteiger partial charge in [0.15, 0.2) is 5.96 Å². The van der Waals surface area contributed by atoms with Gasteiger partial charge < -0.3 is 19.5 Å². The highest BCUT2D eigenvalue weighted by Crippen LogP contribution is 2.11. The number of ether oxygens (including phenoxy) is 1. The van der Waals surface area contributed by atoms with E-state index in [1.807, 2.05) is 25.2 Å². The number of hydrogen-bond acceptors (Lipinski definition) is 2. The first-order valence-corrected chi connectivity index (χ1v) is 7.81. The van der Waals surface area contributed by atoms with Crippen molar-refractivity contribution < 1.29 is 4.74 Å². The van der Waals surface area contributed by atoms with Crippen molar-refractivity contribution in [1.29, 1.82) is 0 Å². The molecule has 5 nitrogen and oxygen atoms in total.